The van der Waals surface area contributed by atoms with Gasteiger partial charge in [0.05, 0.1) is 30.3 Å². The van der Waals surface area contributed by atoms with E-state index in [9.17, 15) is 13.6 Å². The molecule has 0 saturated carbocycles. The quantitative estimate of drug-likeness (QED) is 0.653. The van der Waals surface area contributed by atoms with Gasteiger partial charge in [0.25, 0.3) is 0 Å². The molecule has 1 aliphatic rings. The van der Waals surface area contributed by atoms with Crippen molar-refractivity contribution >= 4 is 22.5 Å². The first-order valence-corrected chi connectivity index (χ1v) is 10.0. The number of carbonyl (C=O) groups is 1. The number of anilines is 1. The van der Waals surface area contributed by atoms with Crippen LogP contribution >= 0.6 is 11.3 Å². The minimum Gasteiger partial charge on any atom is -0.376 e. The van der Waals surface area contributed by atoms with E-state index in [1.807, 2.05) is 26.2 Å². The smallest absolute Gasteiger partial charge is 0.348 e. The van der Waals surface area contributed by atoms with Crippen LogP contribution in [-0.4, -0.2) is 27.4 Å². The summed E-state index contributed by atoms with van der Waals surface area (Å²) >= 11 is 1.34. The van der Waals surface area contributed by atoms with Crippen LogP contribution in [0.4, 0.5) is 18.7 Å². The Hall–Kier alpha value is -2.65. The van der Waals surface area contributed by atoms with Crippen LogP contribution in [0.1, 0.15) is 37.7 Å². The van der Waals surface area contributed by atoms with Crippen LogP contribution in [-0.2, 0) is 23.2 Å². The number of hydrogen-bond donors (Lipinski definition) is 1. The Kier molecular flexibility index (Phi) is 4.95. The summed E-state index contributed by atoms with van der Waals surface area (Å²) in [6, 6.07) is 3.11. The van der Waals surface area contributed by atoms with Gasteiger partial charge in [-0.1, -0.05) is 20.8 Å². The molecule has 0 fully saturated rings. The summed E-state index contributed by atoms with van der Waals surface area (Å²) in [5, 5.41) is 9.57. The second-order valence-electron chi connectivity index (χ2n) is 7.84. The van der Waals surface area contributed by atoms with E-state index in [-0.39, 0.29) is 12.0 Å². The lowest BCUT2D eigenvalue weighted by molar-refractivity contribution is 0.109. The van der Waals surface area contributed by atoms with Crippen LogP contribution in [0.3, 0.4) is 0 Å². The van der Waals surface area contributed by atoms with Crippen LogP contribution in [0.15, 0.2) is 23.6 Å². The van der Waals surface area contributed by atoms with Crippen molar-refractivity contribution in [2.45, 2.75) is 39.2 Å². The topological polar surface area (TPSA) is 69.0 Å². The average molecular weight is 418 g/mol. The highest BCUT2D eigenvalue weighted by Gasteiger charge is 2.26. The molecule has 0 atom stereocenters. The predicted octanol–water partition coefficient (Wildman–Crippen LogP) is 4.74. The number of benzene rings is 1. The first-order valence-electron chi connectivity index (χ1n) is 9.15. The van der Waals surface area contributed by atoms with Crippen molar-refractivity contribution in [3.05, 3.63) is 52.2 Å². The number of thiazole rings is 1. The van der Waals surface area contributed by atoms with Crippen LogP contribution in [0.2, 0.25) is 0 Å². The molecule has 0 aliphatic carbocycles. The van der Waals surface area contributed by atoms with Crippen LogP contribution in [0, 0.1) is 11.6 Å². The fraction of sp³-hybridized carbons (Fsp3) is 0.350. The van der Waals surface area contributed by atoms with Gasteiger partial charge >= 0.3 is 6.03 Å². The first kappa shape index (κ1) is 19.7. The number of nitrogens with zero attached hydrogens (tertiary/aromatic N) is 3. The number of halogens is 2. The van der Waals surface area contributed by atoms with Crippen molar-refractivity contribution < 1.29 is 18.3 Å². The normalized spacial score (nSPS) is 14.0. The monoisotopic (exact) mass is 418 g/mol. The molecule has 152 valence electrons. The van der Waals surface area contributed by atoms with Crippen molar-refractivity contribution in [3.63, 3.8) is 0 Å². The third-order valence-corrected chi connectivity index (χ3v) is 5.45. The molecule has 3 heterocycles. The number of aromatic nitrogens is 3. The summed E-state index contributed by atoms with van der Waals surface area (Å²) in [7, 11) is 0. The molecule has 0 saturated heterocycles. The zero-order chi connectivity index (χ0) is 20.8. The van der Waals surface area contributed by atoms with Crippen molar-refractivity contribution in [1.29, 1.82) is 0 Å². The van der Waals surface area contributed by atoms with E-state index in [4.69, 9.17) is 4.74 Å². The lowest BCUT2D eigenvalue weighted by atomic mass is 9.93. The molecular weight excluding hydrogens is 398 g/mol. The standard InChI is InChI=1S/C20H20F2N4O2S/c1-20(2,3)16-10-29-18(23-16)24-19(27)26-15-6-7-28-9-12(15)17(25-26)11-4-5-13(21)14(22)8-11/h4-5,8,10H,6-7,9H2,1-3H3,(H,23,24,27). The highest BCUT2D eigenvalue weighted by atomic mass is 32.1. The molecule has 0 unspecified atom stereocenters. The van der Waals surface area contributed by atoms with E-state index in [2.05, 4.69) is 15.4 Å². The number of ether oxygens (including phenoxy) is 1. The van der Waals surface area contributed by atoms with Gasteiger partial charge < -0.3 is 4.74 Å². The van der Waals surface area contributed by atoms with Crippen molar-refractivity contribution in [2.75, 3.05) is 11.9 Å². The van der Waals surface area contributed by atoms with Gasteiger partial charge in [-0.3, -0.25) is 5.32 Å². The molecule has 0 spiro atoms. The third kappa shape index (κ3) is 3.79. The second-order valence-corrected chi connectivity index (χ2v) is 8.69. The minimum atomic E-state index is -0.968. The largest absolute Gasteiger partial charge is 0.376 e. The maximum absolute atomic E-state index is 13.7. The Morgan fingerprint density at radius 2 is 2.07 bits per heavy atom. The van der Waals surface area contributed by atoms with Gasteiger partial charge in [0.15, 0.2) is 16.8 Å². The lowest BCUT2D eigenvalue weighted by Gasteiger charge is -2.15. The third-order valence-electron chi connectivity index (χ3n) is 4.69. The SMILES string of the molecule is CC(C)(C)c1csc(NC(=O)n2nc(-c3ccc(F)c(F)c3)c3c2CCOC3)n1. The summed E-state index contributed by atoms with van der Waals surface area (Å²) in [6.07, 6.45) is 0.491. The lowest BCUT2D eigenvalue weighted by Crippen LogP contribution is -2.25. The van der Waals surface area contributed by atoms with E-state index in [0.717, 1.165) is 17.8 Å². The van der Waals surface area contributed by atoms with Gasteiger partial charge in [-0.15, -0.1) is 11.3 Å². The number of amides is 1. The van der Waals surface area contributed by atoms with Crippen molar-refractivity contribution in [3.8, 4) is 11.3 Å². The molecule has 1 aliphatic heterocycles. The summed E-state index contributed by atoms with van der Waals surface area (Å²) in [5.41, 5.74) is 2.95. The summed E-state index contributed by atoms with van der Waals surface area (Å²) in [5.74, 6) is -1.90. The summed E-state index contributed by atoms with van der Waals surface area (Å²) in [4.78, 5) is 17.4. The van der Waals surface area contributed by atoms with Gasteiger partial charge in [0.2, 0.25) is 0 Å². The van der Waals surface area contributed by atoms with Gasteiger partial charge in [0.1, 0.15) is 0 Å². The number of nitrogens with one attached hydrogen (secondary N) is 1. The zero-order valence-electron chi connectivity index (χ0n) is 16.3. The predicted molar refractivity (Wildman–Crippen MR) is 106 cm³/mol. The molecular formula is C20H20F2N4O2S. The Morgan fingerprint density at radius 3 is 2.76 bits per heavy atom. The second kappa shape index (κ2) is 7.31. The molecule has 1 N–H and O–H groups in total. The van der Waals surface area contributed by atoms with E-state index in [1.54, 1.807) is 0 Å². The van der Waals surface area contributed by atoms with Crippen LogP contribution in [0.25, 0.3) is 11.3 Å². The van der Waals surface area contributed by atoms with Gasteiger partial charge in [-0.25, -0.2) is 18.6 Å². The average Bonchev–Trinajstić information content (AvgIpc) is 3.29. The van der Waals surface area contributed by atoms with Crippen molar-refractivity contribution in [2.24, 2.45) is 0 Å². The molecule has 1 aromatic carbocycles. The van der Waals surface area contributed by atoms with Crippen LogP contribution in [0.5, 0.6) is 0 Å². The van der Waals surface area contributed by atoms with E-state index < -0.39 is 17.7 Å². The fourth-order valence-corrected chi connectivity index (χ4v) is 4.03. The minimum absolute atomic E-state index is 0.124. The maximum atomic E-state index is 13.7. The van der Waals surface area contributed by atoms with Gasteiger partial charge in [0, 0.05) is 28.3 Å². The number of fused-ring (bicyclic) bond motifs is 1. The molecule has 2 aromatic heterocycles. The van der Waals surface area contributed by atoms with E-state index >= 15 is 0 Å². The maximum Gasteiger partial charge on any atom is 0.348 e. The molecule has 3 aromatic rings. The molecule has 9 heteroatoms. The zero-order valence-corrected chi connectivity index (χ0v) is 17.1. The number of carbonyl (C=O) groups excluding carboxylic acids is 1. The summed E-state index contributed by atoms with van der Waals surface area (Å²) < 4.78 is 33.8. The molecule has 1 amide bonds. The molecule has 0 bridgehead atoms. The van der Waals surface area contributed by atoms with Crippen LogP contribution < -0.4 is 5.32 Å². The Balaban J connectivity index is 1.68. The fourth-order valence-electron chi connectivity index (χ4n) is 3.10. The molecule has 0 radical (unpaired) electrons. The van der Waals surface area contributed by atoms with E-state index in [0.29, 0.717) is 40.7 Å². The van der Waals surface area contributed by atoms with Crippen molar-refractivity contribution in [1.82, 2.24) is 14.8 Å². The Bertz CT molecular complexity index is 1080. The molecule has 29 heavy (non-hydrogen) atoms. The Morgan fingerprint density at radius 1 is 1.28 bits per heavy atom. The Labute approximate surface area is 170 Å². The summed E-state index contributed by atoms with van der Waals surface area (Å²) in [6.45, 7) is 6.85. The highest BCUT2D eigenvalue weighted by molar-refractivity contribution is 7.13. The van der Waals surface area contributed by atoms with E-state index in [1.165, 1.54) is 22.1 Å². The van der Waals surface area contributed by atoms with Gasteiger partial charge in [-0.05, 0) is 18.2 Å². The highest BCUT2D eigenvalue weighted by Crippen LogP contribution is 2.31. The van der Waals surface area contributed by atoms with Gasteiger partial charge in [-0.2, -0.15) is 9.78 Å². The number of hydrogen-bond acceptors (Lipinski definition) is 5. The molecule has 6 nitrogen and oxygen atoms in total. The first-order chi connectivity index (χ1) is 13.7. The molecule has 4 rings (SSSR count). The number of rotatable bonds is 2.